The van der Waals surface area contributed by atoms with Gasteiger partial charge in [-0.15, -0.1) is 0 Å². The SMILES string of the molecule is CCOC(=O)[C@@H]1[C@@H]2CC[C@]3(O2)[C@H](C(=O)Nc2ccc(N(CC)CC)cc2)N(CCCCCO)C(=O)[C@@H]13. The molecule has 198 valence electrons. The molecular weight excluding hydrogens is 462 g/mol. The van der Waals surface area contributed by atoms with Crippen LogP contribution in [0.1, 0.15) is 52.9 Å². The highest BCUT2D eigenvalue weighted by Gasteiger charge is 2.74. The zero-order chi connectivity index (χ0) is 25.9. The van der Waals surface area contributed by atoms with Gasteiger partial charge in [-0.1, -0.05) is 0 Å². The van der Waals surface area contributed by atoms with Crippen LogP contribution in [-0.4, -0.2) is 78.4 Å². The molecule has 0 unspecified atom stereocenters. The molecule has 5 atom stereocenters. The van der Waals surface area contributed by atoms with E-state index in [0.717, 1.165) is 25.2 Å². The molecule has 0 aliphatic carbocycles. The van der Waals surface area contributed by atoms with Crippen molar-refractivity contribution in [2.45, 2.75) is 70.6 Å². The van der Waals surface area contributed by atoms with E-state index in [4.69, 9.17) is 14.6 Å². The minimum absolute atomic E-state index is 0.0869. The molecule has 1 spiro atoms. The molecular formula is C27H39N3O6. The minimum atomic E-state index is -1.03. The van der Waals surface area contributed by atoms with Crippen LogP contribution in [0.2, 0.25) is 0 Å². The Balaban J connectivity index is 1.59. The smallest absolute Gasteiger partial charge is 0.312 e. The van der Waals surface area contributed by atoms with Crippen LogP contribution in [0.25, 0.3) is 0 Å². The number of anilines is 2. The molecule has 3 saturated heterocycles. The summed E-state index contributed by atoms with van der Waals surface area (Å²) < 4.78 is 11.7. The highest BCUT2D eigenvalue weighted by Crippen LogP contribution is 2.58. The first-order valence-corrected chi connectivity index (χ1v) is 13.3. The Morgan fingerprint density at radius 2 is 1.89 bits per heavy atom. The van der Waals surface area contributed by atoms with Crippen LogP contribution in [0.4, 0.5) is 11.4 Å². The second-order valence-electron chi connectivity index (χ2n) is 9.83. The number of hydrogen-bond donors (Lipinski definition) is 2. The molecule has 3 aliphatic rings. The number of esters is 1. The van der Waals surface area contributed by atoms with Gasteiger partial charge in [0.05, 0.1) is 24.5 Å². The predicted octanol–water partition coefficient (Wildman–Crippen LogP) is 2.57. The Kier molecular flexibility index (Phi) is 8.20. The number of aliphatic hydroxyl groups is 1. The van der Waals surface area contributed by atoms with E-state index in [1.807, 2.05) is 24.3 Å². The van der Waals surface area contributed by atoms with E-state index in [-0.39, 0.29) is 25.0 Å². The third-order valence-electron chi connectivity index (χ3n) is 7.93. The fourth-order valence-corrected chi connectivity index (χ4v) is 6.33. The van der Waals surface area contributed by atoms with Gasteiger partial charge in [-0.3, -0.25) is 14.4 Å². The second-order valence-corrected chi connectivity index (χ2v) is 9.83. The van der Waals surface area contributed by atoms with Crippen LogP contribution in [0.5, 0.6) is 0 Å². The summed E-state index contributed by atoms with van der Waals surface area (Å²) in [6.07, 6.45) is 2.80. The minimum Gasteiger partial charge on any atom is -0.466 e. The maximum absolute atomic E-state index is 13.8. The molecule has 2 bridgehead atoms. The fraction of sp³-hybridized carbons (Fsp3) is 0.667. The fourth-order valence-electron chi connectivity index (χ4n) is 6.33. The number of carbonyl (C=O) groups excluding carboxylic acids is 3. The van der Waals surface area contributed by atoms with Crippen LogP contribution in [-0.2, 0) is 23.9 Å². The largest absolute Gasteiger partial charge is 0.466 e. The van der Waals surface area contributed by atoms with Crippen LogP contribution in [0.15, 0.2) is 24.3 Å². The van der Waals surface area contributed by atoms with Gasteiger partial charge in [0.15, 0.2) is 0 Å². The van der Waals surface area contributed by atoms with Gasteiger partial charge in [0.25, 0.3) is 0 Å². The Morgan fingerprint density at radius 1 is 1.17 bits per heavy atom. The number of nitrogens with zero attached hydrogens (tertiary/aromatic N) is 2. The summed E-state index contributed by atoms with van der Waals surface area (Å²) >= 11 is 0. The molecule has 3 aliphatic heterocycles. The lowest BCUT2D eigenvalue weighted by Crippen LogP contribution is -2.53. The van der Waals surface area contributed by atoms with Crippen molar-refractivity contribution in [1.82, 2.24) is 4.90 Å². The molecule has 4 rings (SSSR count). The van der Waals surface area contributed by atoms with Crippen molar-refractivity contribution in [3.8, 4) is 0 Å². The van der Waals surface area contributed by atoms with Crippen molar-refractivity contribution in [2.24, 2.45) is 11.8 Å². The average Bonchev–Trinajstić information content (AvgIpc) is 3.51. The summed E-state index contributed by atoms with van der Waals surface area (Å²) in [6.45, 7) is 8.41. The standard InChI is InChI=1S/C27H39N3O6/c1-4-29(5-2)19-12-10-18(11-13-19)28-24(32)23-27-15-14-20(36-27)21(26(34)35-6-3)22(27)25(33)30(23)16-8-7-9-17-31/h10-13,20-23,31H,4-9,14-17H2,1-3H3,(H,28,32)/t20-,21+,22+,23-,27+/m0/s1. The summed E-state index contributed by atoms with van der Waals surface area (Å²) in [5.41, 5.74) is 0.702. The lowest BCUT2D eigenvalue weighted by molar-refractivity contribution is -0.154. The lowest BCUT2D eigenvalue weighted by atomic mass is 9.71. The van der Waals surface area contributed by atoms with Gasteiger partial charge in [-0.2, -0.15) is 0 Å². The molecule has 0 radical (unpaired) electrons. The predicted molar refractivity (Wildman–Crippen MR) is 136 cm³/mol. The molecule has 3 fully saturated rings. The van der Waals surface area contributed by atoms with Crippen LogP contribution in [0, 0.1) is 11.8 Å². The first-order chi connectivity index (χ1) is 17.4. The van der Waals surface area contributed by atoms with Crippen molar-refractivity contribution < 1.29 is 29.0 Å². The number of unbranched alkanes of at least 4 members (excludes halogenated alkanes) is 2. The first-order valence-electron chi connectivity index (χ1n) is 13.3. The first kappa shape index (κ1) is 26.4. The zero-order valence-electron chi connectivity index (χ0n) is 21.6. The monoisotopic (exact) mass is 501 g/mol. The van der Waals surface area contributed by atoms with Gasteiger partial charge >= 0.3 is 5.97 Å². The quantitative estimate of drug-likeness (QED) is 0.335. The number of ether oxygens (including phenoxy) is 2. The Labute approximate surface area is 213 Å². The van der Waals surface area contributed by atoms with E-state index in [1.54, 1.807) is 11.8 Å². The van der Waals surface area contributed by atoms with Gasteiger partial charge in [0.1, 0.15) is 11.6 Å². The van der Waals surface area contributed by atoms with Crippen molar-refractivity contribution in [3.05, 3.63) is 24.3 Å². The highest BCUT2D eigenvalue weighted by molar-refractivity contribution is 6.03. The number of benzene rings is 1. The third kappa shape index (κ3) is 4.59. The van der Waals surface area contributed by atoms with E-state index in [2.05, 4.69) is 24.1 Å². The molecule has 2 N–H and O–H groups in total. The number of fused-ring (bicyclic) bond motifs is 1. The van der Waals surface area contributed by atoms with E-state index in [0.29, 0.717) is 37.9 Å². The van der Waals surface area contributed by atoms with Gasteiger partial charge in [0, 0.05) is 37.6 Å². The molecule has 0 saturated carbocycles. The number of rotatable bonds is 12. The summed E-state index contributed by atoms with van der Waals surface area (Å²) in [5, 5.41) is 12.2. The summed E-state index contributed by atoms with van der Waals surface area (Å²) in [4.78, 5) is 44.1. The molecule has 9 heteroatoms. The summed E-state index contributed by atoms with van der Waals surface area (Å²) in [5.74, 6) is -2.33. The second kappa shape index (κ2) is 11.2. The number of aliphatic hydroxyl groups excluding tert-OH is 1. The molecule has 1 aromatic rings. The Morgan fingerprint density at radius 3 is 2.53 bits per heavy atom. The zero-order valence-corrected chi connectivity index (χ0v) is 21.6. The van der Waals surface area contributed by atoms with Crippen LogP contribution in [0.3, 0.4) is 0 Å². The summed E-state index contributed by atoms with van der Waals surface area (Å²) in [6, 6.07) is 6.88. The van der Waals surface area contributed by atoms with Crippen molar-refractivity contribution >= 4 is 29.2 Å². The molecule has 36 heavy (non-hydrogen) atoms. The summed E-state index contributed by atoms with van der Waals surface area (Å²) in [7, 11) is 0. The van der Waals surface area contributed by atoms with Crippen molar-refractivity contribution in [2.75, 3.05) is 43.1 Å². The normalized spacial score (nSPS) is 28.3. The highest BCUT2D eigenvalue weighted by atomic mass is 16.6. The topological polar surface area (TPSA) is 108 Å². The van der Waals surface area contributed by atoms with Gasteiger partial charge < -0.3 is 29.7 Å². The number of carbonyl (C=O) groups is 3. The number of hydrogen-bond acceptors (Lipinski definition) is 7. The Bertz CT molecular complexity index is 949. The molecule has 1 aromatic carbocycles. The molecule has 0 aromatic heterocycles. The molecule has 3 heterocycles. The maximum atomic E-state index is 13.8. The molecule has 2 amide bonds. The van der Waals surface area contributed by atoms with Crippen LogP contribution < -0.4 is 10.2 Å². The molecule has 9 nitrogen and oxygen atoms in total. The van der Waals surface area contributed by atoms with Crippen molar-refractivity contribution in [3.63, 3.8) is 0 Å². The van der Waals surface area contributed by atoms with Crippen molar-refractivity contribution in [1.29, 1.82) is 0 Å². The van der Waals surface area contributed by atoms with E-state index in [9.17, 15) is 14.4 Å². The van der Waals surface area contributed by atoms with Gasteiger partial charge in [-0.05, 0) is 77.1 Å². The third-order valence-corrected chi connectivity index (χ3v) is 7.93. The maximum Gasteiger partial charge on any atom is 0.312 e. The van der Waals surface area contributed by atoms with E-state index >= 15 is 0 Å². The lowest BCUT2D eigenvalue weighted by Gasteiger charge is -2.33. The van der Waals surface area contributed by atoms with E-state index < -0.39 is 35.6 Å². The van der Waals surface area contributed by atoms with Gasteiger partial charge in [0.2, 0.25) is 11.8 Å². The number of amides is 2. The van der Waals surface area contributed by atoms with Gasteiger partial charge in [-0.25, -0.2) is 0 Å². The van der Waals surface area contributed by atoms with Crippen LogP contribution >= 0.6 is 0 Å². The van der Waals surface area contributed by atoms with E-state index in [1.165, 1.54) is 0 Å². The number of nitrogens with one attached hydrogen (secondary N) is 1. The number of likely N-dealkylation sites (tertiary alicyclic amines) is 1. The Hall–Kier alpha value is -2.65. The average molecular weight is 502 g/mol.